The van der Waals surface area contributed by atoms with Crippen molar-refractivity contribution in [3.63, 3.8) is 0 Å². The van der Waals surface area contributed by atoms with Crippen molar-refractivity contribution < 1.29 is 0 Å². The Morgan fingerprint density at radius 2 is 1.04 bits per heavy atom. The molecule has 0 radical (unpaired) electrons. The maximum Gasteiger partial charge on any atom is -0.0184 e. The third-order valence-electron chi connectivity index (χ3n) is 5.24. The highest BCUT2D eigenvalue weighted by molar-refractivity contribution is 5.63. The first-order valence-corrected chi connectivity index (χ1v) is 10.1. The van der Waals surface area contributed by atoms with Crippen molar-refractivity contribution in [3.8, 4) is 11.1 Å². The minimum atomic E-state index is 1.18. The van der Waals surface area contributed by atoms with Crippen molar-refractivity contribution in [2.75, 3.05) is 0 Å². The zero-order valence-corrected chi connectivity index (χ0v) is 16.5. The highest BCUT2D eigenvalue weighted by Crippen LogP contribution is 2.21. The summed E-state index contributed by atoms with van der Waals surface area (Å²) in [6.45, 7) is 5.94. The van der Waals surface area contributed by atoms with Gasteiger partial charge >= 0.3 is 0 Å². The van der Waals surface area contributed by atoms with E-state index in [1.165, 1.54) is 71.9 Å². The molecule has 0 N–H and O–H groups in total. The number of rotatable bonds is 9. The number of hydrogen-bond acceptors (Lipinski definition) is 0. The van der Waals surface area contributed by atoms with Crippen LogP contribution in [0.1, 0.15) is 47.9 Å². The smallest absolute Gasteiger partial charge is 0.0184 e. The topological polar surface area (TPSA) is 0 Å². The predicted molar refractivity (Wildman–Crippen MR) is 119 cm³/mol. The van der Waals surface area contributed by atoms with Crippen LogP contribution in [-0.4, -0.2) is 0 Å². The zero-order valence-electron chi connectivity index (χ0n) is 16.5. The summed E-state index contributed by atoms with van der Waals surface area (Å²) in [5.74, 6) is 0. The molecule has 27 heavy (non-hydrogen) atoms. The van der Waals surface area contributed by atoms with Gasteiger partial charge < -0.3 is 0 Å². The van der Waals surface area contributed by atoms with Crippen LogP contribution in [0, 0.1) is 6.92 Å². The molecular formula is C27H30. The van der Waals surface area contributed by atoms with Crippen LogP contribution >= 0.6 is 0 Å². The quantitative estimate of drug-likeness (QED) is 0.346. The Hall–Kier alpha value is -2.60. The molecule has 0 heterocycles. The van der Waals surface area contributed by atoms with Crippen LogP contribution in [0.5, 0.6) is 0 Å². The van der Waals surface area contributed by atoms with Crippen LogP contribution < -0.4 is 0 Å². The second-order valence-electron chi connectivity index (χ2n) is 7.42. The molecule has 0 aromatic heterocycles. The Bertz CT molecular complexity index is 821. The molecule has 0 saturated carbocycles. The van der Waals surface area contributed by atoms with Gasteiger partial charge in [0, 0.05) is 0 Å². The molecule has 0 aliphatic carbocycles. The van der Waals surface area contributed by atoms with E-state index in [9.17, 15) is 0 Å². The summed E-state index contributed by atoms with van der Waals surface area (Å²) >= 11 is 0. The molecule has 0 aliphatic rings. The summed E-state index contributed by atoms with van der Waals surface area (Å²) in [6, 6.07) is 26.6. The van der Waals surface area contributed by atoms with Gasteiger partial charge in [-0.15, -0.1) is 0 Å². The molecule has 0 saturated heterocycles. The van der Waals surface area contributed by atoms with Crippen LogP contribution in [0.2, 0.25) is 0 Å². The van der Waals surface area contributed by atoms with Crippen LogP contribution in [0.3, 0.4) is 0 Å². The van der Waals surface area contributed by atoms with Gasteiger partial charge in [0.2, 0.25) is 0 Å². The molecule has 0 nitrogen and oxygen atoms in total. The average molecular weight is 355 g/mol. The third-order valence-corrected chi connectivity index (χ3v) is 5.24. The van der Waals surface area contributed by atoms with Crippen molar-refractivity contribution >= 4 is 6.08 Å². The largest absolute Gasteiger partial charge is 0.0985 e. The second-order valence-corrected chi connectivity index (χ2v) is 7.42. The van der Waals surface area contributed by atoms with E-state index in [0.717, 1.165) is 0 Å². The summed E-state index contributed by atoms with van der Waals surface area (Å²) in [5, 5.41) is 0. The minimum Gasteiger partial charge on any atom is -0.0985 e. The molecule has 0 amide bonds. The predicted octanol–water partition coefficient (Wildman–Crippen LogP) is 7.65. The maximum absolute atomic E-state index is 3.80. The Labute approximate surface area is 164 Å². The standard InChI is InChI=1S/C27H30/c1-3-23-12-14-24(15-13-23)8-6-4-5-7-9-25-16-20-27(21-17-25)26-18-10-22(2)11-19-26/h3,10-21H,1,4-9H2,2H3. The Balaban J connectivity index is 1.36. The molecule has 3 aromatic rings. The lowest BCUT2D eigenvalue weighted by Crippen LogP contribution is -1.89. The molecule has 0 fully saturated rings. The zero-order chi connectivity index (χ0) is 18.9. The molecule has 0 aliphatic heterocycles. The lowest BCUT2D eigenvalue weighted by molar-refractivity contribution is 0.640. The van der Waals surface area contributed by atoms with Crippen molar-refractivity contribution in [2.24, 2.45) is 0 Å². The molecule has 0 atom stereocenters. The first kappa shape index (κ1) is 19.2. The summed E-state index contributed by atoms with van der Waals surface area (Å²) in [5.41, 5.74) is 8.00. The van der Waals surface area contributed by atoms with E-state index in [4.69, 9.17) is 0 Å². The van der Waals surface area contributed by atoms with Gasteiger partial charge in [0.15, 0.2) is 0 Å². The van der Waals surface area contributed by atoms with E-state index in [-0.39, 0.29) is 0 Å². The van der Waals surface area contributed by atoms with Gasteiger partial charge in [0.25, 0.3) is 0 Å². The van der Waals surface area contributed by atoms with Gasteiger partial charge in [-0.1, -0.05) is 104 Å². The van der Waals surface area contributed by atoms with Gasteiger partial charge in [-0.3, -0.25) is 0 Å². The normalized spacial score (nSPS) is 10.7. The van der Waals surface area contributed by atoms with Gasteiger partial charge in [-0.05, 0) is 60.4 Å². The summed E-state index contributed by atoms with van der Waals surface area (Å²) in [6.07, 6.45) is 9.44. The fourth-order valence-electron chi connectivity index (χ4n) is 3.44. The van der Waals surface area contributed by atoms with Crippen LogP contribution in [0.25, 0.3) is 17.2 Å². The van der Waals surface area contributed by atoms with E-state index < -0.39 is 0 Å². The fraction of sp³-hybridized carbons (Fsp3) is 0.259. The monoisotopic (exact) mass is 354 g/mol. The van der Waals surface area contributed by atoms with E-state index in [1.807, 2.05) is 6.08 Å². The lowest BCUT2D eigenvalue weighted by Gasteiger charge is -2.06. The maximum atomic E-state index is 3.80. The second kappa shape index (κ2) is 9.92. The number of benzene rings is 3. The molecule has 3 rings (SSSR count). The van der Waals surface area contributed by atoms with E-state index in [0.29, 0.717) is 0 Å². The Morgan fingerprint density at radius 1 is 0.593 bits per heavy atom. The Morgan fingerprint density at radius 3 is 1.52 bits per heavy atom. The third kappa shape index (κ3) is 5.96. The lowest BCUT2D eigenvalue weighted by atomic mass is 10.00. The van der Waals surface area contributed by atoms with Crippen LogP contribution in [0.4, 0.5) is 0 Å². The average Bonchev–Trinajstić information content (AvgIpc) is 2.72. The summed E-state index contributed by atoms with van der Waals surface area (Å²) in [4.78, 5) is 0. The molecule has 138 valence electrons. The van der Waals surface area contributed by atoms with Gasteiger partial charge in [-0.25, -0.2) is 0 Å². The number of aryl methyl sites for hydroxylation is 3. The van der Waals surface area contributed by atoms with Crippen LogP contribution in [0.15, 0.2) is 79.4 Å². The first-order valence-electron chi connectivity index (χ1n) is 10.1. The SMILES string of the molecule is C=Cc1ccc(CCCCCCc2ccc(-c3ccc(C)cc3)cc2)cc1. The van der Waals surface area contributed by atoms with Gasteiger partial charge in [0.05, 0.1) is 0 Å². The van der Waals surface area contributed by atoms with Crippen LogP contribution in [-0.2, 0) is 12.8 Å². The number of unbranched alkanes of at least 4 members (excludes halogenated alkanes) is 3. The van der Waals surface area contributed by atoms with E-state index in [1.54, 1.807) is 0 Å². The molecular weight excluding hydrogens is 324 g/mol. The molecule has 3 aromatic carbocycles. The van der Waals surface area contributed by atoms with Crippen molar-refractivity contribution in [1.82, 2.24) is 0 Å². The highest BCUT2D eigenvalue weighted by atomic mass is 14.0. The molecule has 0 heteroatoms. The first-order chi connectivity index (χ1) is 13.2. The summed E-state index contributed by atoms with van der Waals surface area (Å²) in [7, 11) is 0. The van der Waals surface area contributed by atoms with Crippen molar-refractivity contribution in [2.45, 2.75) is 45.4 Å². The molecule has 0 spiro atoms. The summed E-state index contributed by atoms with van der Waals surface area (Å²) < 4.78 is 0. The van der Waals surface area contributed by atoms with E-state index in [2.05, 4.69) is 86.3 Å². The minimum absolute atomic E-state index is 1.18. The number of hydrogen-bond donors (Lipinski definition) is 0. The van der Waals surface area contributed by atoms with Crippen molar-refractivity contribution in [1.29, 1.82) is 0 Å². The van der Waals surface area contributed by atoms with E-state index >= 15 is 0 Å². The highest BCUT2D eigenvalue weighted by Gasteiger charge is 1.99. The fourth-order valence-corrected chi connectivity index (χ4v) is 3.44. The van der Waals surface area contributed by atoms with Crippen molar-refractivity contribution in [3.05, 3.63) is 102 Å². The molecule has 0 bridgehead atoms. The van der Waals surface area contributed by atoms with Gasteiger partial charge in [-0.2, -0.15) is 0 Å². The molecule has 0 unspecified atom stereocenters. The van der Waals surface area contributed by atoms with Gasteiger partial charge in [0.1, 0.15) is 0 Å². The Kier molecular flexibility index (Phi) is 7.04.